The molecule has 4 nitrogen and oxygen atoms in total. The number of carbonyl (C=O) groups excluding carboxylic acids is 1. The molecule has 0 N–H and O–H groups in total. The molecule has 0 aliphatic rings. The third kappa shape index (κ3) is 3.55. The first-order valence-corrected chi connectivity index (χ1v) is 5.09. The molecular formula is C11H12ClNO3. The number of methoxy groups -OCH3 is 1. The molecule has 0 amide bonds. The average molecular weight is 242 g/mol. The Balaban J connectivity index is 2.75. The molecule has 0 radical (unpaired) electrons. The first-order chi connectivity index (χ1) is 7.67. The van der Waals surface area contributed by atoms with Gasteiger partial charge in [-0.1, -0.05) is 11.6 Å². The van der Waals surface area contributed by atoms with Gasteiger partial charge < -0.3 is 9.47 Å². The van der Waals surface area contributed by atoms with E-state index >= 15 is 0 Å². The molecule has 1 rings (SSSR count). The summed E-state index contributed by atoms with van der Waals surface area (Å²) in [6.45, 7) is 2.10. The van der Waals surface area contributed by atoms with Crippen LogP contribution in [0.1, 0.15) is 12.5 Å². The number of halogens is 1. The van der Waals surface area contributed by atoms with Gasteiger partial charge in [0.1, 0.15) is 5.02 Å². The molecule has 0 unspecified atom stereocenters. The van der Waals surface area contributed by atoms with Gasteiger partial charge in [0.15, 0.2) is 0 Å². The van der Waals surface area contributed by atoms with Gasteiger partial charge in [0.25, 0.3) is 0 Å². The van der Waals surface area contributed by atoms with Crippen molar-refractivity contribution in [1.82, 2.24) is 4.98 Å². The van der Waals surface area contributed by atoms with Crippen molar-refractivity contribution in [2.75, 3.05) is 13.7 Å². The monoisotopic (exact) mass is 241 g/mol. The van der Waals surface area contributed by atoms with E-state index in [1.165, 1.54) is 13.2 Å². The van der Waals surface area contributed by atoms with Crippen molar-refractivity contribution in [3.8, 4) is 5.88 Å². The zero-order chi connectivity index (χ0) is 12.0. The van der Waals surface area contributed by atoms with E-state index in [2.05, 4.69) is 4.98 Å². The van der Waals surface area contributed by atoms with E-state index in [-0.39, 0.29) is 0 Å². The molecule has 0 atom stereocenters. The number of pyridine rings is 1. The fourth-order valence-electron chi connectivity index (χ4n) is 1.04. The number of nitrogens with zero attached hydrogens (tertiary/aromatic N) is 1. The van der Waals surface area contributed by atoms with Crippen LogP contribution in [0, 0.1) is 0 Å². The van der Waals surface area contributed by atoms with Gasteiger partial charge in [-0.05, 0) is 24.6 Å². The molecule has 0 aromatic carbocycles. The SMILES string of the molecule is CCOC(=O)C=Cc1cnc(OC)c(Cl)c1. The summed E-state index contributed by atoms with van der Waals surface area (Å²) >= 11 is 5.87. The van der Waals surface area contributed by atoms with Crippen molar-refractivity contribution in [3.63, 3.8) is 0 Å². The molecule has 16 heavy (non-hydrogen) atoms. The molecule has 1 heterocycles. The Kier molecular flexibility index (Phi) is 4.79. The fraction of sp³-hybridized carbons (Fsp3) is 0.273. The largest absolute Gasteiger partial charge is 0.480 e. The highest BCUT2D eigenvalue weighted by Crippen LogP contribution is 2.22. The van der Waals surface area contributed by atoms with Crippen LogP contribution in [0.25, 0.3) is 6.08 Å². The number of hydrogen-bond acceptors (Lipinski definition) is 4. The van der Waals surface area contributed by atoms with Crippen LogP contribution in [0.2, 0.25) is 5.02 Å². The summed E-state index contributed by atoms with van der Waals surface area (Å²) in [6.07, 6.45) is 4.46. The summed E-state index contributed by atoms with van der Waals surface area (Å²) in [4.78, 5) is 15.0. The Bertz CT molecular complexity index is 404. The summed E-state index contributed by atoms with van der Waals surface area (Å²) in [5, 5.41) is 0.397. The van der Waals surface area contributed by atoms with E-state index in [0.29, 0.717) is 23.1 Å². The molecule has 0 spiro atoms. The molecule has 86 valence electrons. The van der Waals surface area contributed by atoms with E-state index < -0.39 is 5.97 Å². The zero-order valence-electron chi connectivity index (χ0n) is 9.07. The van der Waals surface area contributed by atoms with Crippen molar-refractivity contribution in [1.29, 1.82) is 0 Å². The van der Waals surface area contributed by atoms with Crippen LogP contribution in [0.5, 0.6) is 5.88 Å². The third-order valence-electron chi connectivity index (χ3n) is 1.72. The van der Waals surface area contributed by atoms with Gasteiger partial charge in [-0.3, -0.25) is 0 Å². The number of rotatable bonds is 4. The van der Waals surface area contributed by atoms with E-state index in [1.54, 1.807) is 25.3 Å². The van der Waals surface area contributed by atoms with Crippen molar-refractivity contribution < 1.29 is 14.3 Å². The van der Waals surface area contributed by atoms with E-state index in [0.717, 1.165) is 0 Å². The maximum atomic E-state index is 11.0. The molecule has 0 saturated heterocycles. The molecule has 1 aromatic rings. The minimum Gasteiger partial charge on any atom is -0.480 e. The number of aromatic nitrogens is 1. The third-order valence-corrected chi connectivity index (χ3v) is 1.99. The maximum Gasteiger partial charge on any atom is 0.330 e. The standard InChI is InChI=1S/C11H12ClNO3/c1-3-16-10(14)5-4-8-6-9(12)11(15-2)13-7-8/h4-7H,3H2,1-2H3. The van der Waals surface area contributed by atoms with Crippen LogP contribution in [0.4, 0.5) is 0 Å². The number of esters is 1. The van der Waals surface area contributed by atoms with Crippen LogP contribution in [0.15, 0.2) is 18.3 Å². The van der Waals surface area contributed by atoms with Gasteiger partial charge >= 0.3 is 5.97 Å². The Labute approximate surface area is 98.8 Å². The second kappa shape index (κ2) is 6.12. The van der Waals surface area contributed by atoms with Gasteiger partial charge in [0.05, 0.1) is 13.7 Å². The molecular weight excluding hydrogens is 230 g/mol. The second-order valence-corrected chi connectivity index (χ2v) is 3.25. The van der Waals surface area contributed by atoms with Crippen LogP contribution in [0.3, 0.4) is 0 Å². The van der Waals surface area contributed by atoms with Gasteiger partial charge in [0.2, 0.25) is 5.88 Å². The number of hydrogen-bond donors (Lipinski definition) is 0. The van der Waals surface area contributed by atoms with Crippen molar-refractivity contribution in [3.05, 3.63) is 28.9 Å². The predicted molar refractivity (Wildman–Crippen MR) is 61.5 cm³/mol. The Morgan fingerprint density at radius 2 is 2.38 bits per heavy atom. The highest BCUT2D eigenvalue weighted by Gasteiger charge is 2.02. The maximum absolute atomic E-state index is 11.0. The lowest BCUT2D eigenvalue weighted by Gasteiger charge is -2.01. The smallest absolute Gasteiger partial charge is 0.330 e. The lowest BCUT2D eigenvalue weighted by atomic mass is 10.2. The van der Waals surface area contributed by atoms with Crippen LogP contribution < -0.4 is 4.74 Å². The molecule has 0 fully saturated rings. The van der Waals surface area contributed by atoms with Crippen LogP contribution in [-0.2, 0) is 9.53 Å². The topological polar surface area (TPSA) is 48.4 Å². The zero-order valence-corrected chi connectivity index (χ0v) is 9.82. The molecule has 0 aliphatic heterocycles. The Hall–Kier alpha value is -1.55. The first-order valence-electron chi connectivity index (χ1n) is 4.71. The summed E-state index contributed by atoms with van der Waals surface area (Å²) in [5.41, 5.74) is 0.707. The molecule has 1 aromatic heterocycles. The van der Waals surface area contributed by atoms with Gasteiger partial charge in [-0.2, -0.15) is 0 Å². The summed E-state index contributed by atoms with van der Waals surface area (Å²) in [6, 6.07) is 1.66. The second-order valence-electron chi connectivity index (χ2n) is 2.85. The molecule has 0 bridgehead atoms. The van der Waals surface area contributed by atoms with Gasteiger partial charge in [-0.25, -0.2) is 9.78 Å². The summed E-state index contributed by atoms with van der Waals surface area (Å²) in [5.74, 6) is -0.0376. The average Bonchev–Trinajstić information content (AvgIpc) is 2.27. The van der Waals surface area contributed by atoms with E-state index in [1.807, 2.05) is 0 Å². The Morgan fingerprint density at radius 3 is 2.94 bits per heavy atom. The normalized spacial score (nSPS) is 10.4. The minimum atomic E-state index is -0.394. The fourth-order valence-corrected chi connectivity index (χ4v) is 1.29. The van der Waals surface area contributed by atoms with Gasteiger partial charge in [-0.15, -0.1) is 0 Å². The van der Waals surface area contributed by atoms with Crippen LogP contribution >= 0.6 is 11.6 Å². The molecule has 5 heteroatoms. The van der Waals surface area contributed by atoms with E-state index in [9.17, 15) is 4.79 Å². The van der Waals surface area contributed by atoms with Gasteiger partial charge in [0, 0.05) is 12.3 Å². The first kappa shape index (κ1) is 12.5. The highest BCUT2D eigenvalue weighted by molar-refractivity contribution is 6.31. The van der Waals surface area contributed by atoms with Crippen molar-refractivity contribution >= 4 is 23.6 Å². The predicted octanol–water partition coefficient (Wildman–Crippen LogP) is 2.32. The lowest BCUT2D eigenvalue weighted by molar-refractivity contribution is -0.137. The Morgan fingerprint density at radius 1 is 1.62 bits per heavy atom. The number of ether oxygens (including phenoxy) is 2. The highest BCUT2D eigenvalue weighted by atomic mass is 35.5. The summed E-state index contributed by atoms with van der Waals surface area (Å²) < 4.78 is 9.64. The molecule has 0 aliphatic carbocycles. The van der Waals surface area contributed by atoms with Crippen molar-refractivity contribution in [2.45, 2.75) is 6.92 Å². The van der Waals surface area contributed by atoms with Crippen LogP contribution in [-0.4, -0.2) is 24.7 Å². The minimum absolute atomic E-state index is 0.352. The van der Waals surface area contributed by atoms with E-state index in [4.69, 9.17) is 21.1 Å². The summed E-state index contributed by atoms with van der Waals surface area (Å²) in [7, 11) is 1.49. The number of carbonyl (C=O) groups is 1. The lowest BCUT2D eigenvalue weighted by Crippen LogP contribution is -1.98. The molecule has 0 saturated carbocycles. The quantitative estimate of drug-likeness (QED) is 0.600. The van der Waals surface area contributed by atoms with Crippen molar-refractivity contribution in [2.24, 2.45) is 0 Å².